The van der Waals surface area contributed by atoms with E-state index in [1.54, 1.807) is 13.4 Å². The van der Waals surface area contributed by atoms with E-state index in [9.17, 15) is 0 Å². The fourth-order valence-electron chi connectivity index (χ4n) is 4.22. The Morgan fingerprint density at radius 2 is 1.74 bits per heavy atom. The normalized spacial score (nSPS) is 15.1. The zero-order chi connectivity index (χ0) is 23.2. The summed E-state index contributed by atoms with van der Waals surface area (Å²) in [6.45, 7) is 1.43. The van der Waals surface area contributed by atoms with Crippen LogP contribution in [-0.4, -0.2) is 23.6 Å². The maximum absolute atomic E-state index is 6.12. The van der Waals surface area contributed by atoms with Crippen LogP contribution in [0.3, 0.4) is 0 Å². The molecule has 1 unspecified atom stereocenters. The Balaban J connectivity index is 1.33. The van der Waals surface area contributed by atoms with Crippen LogP contribution in [0.2, 0.25) is 0 Å². The lowest BCUT2D eigenvalue weighted by Gasteiger charge is -2.26. The molecule has 3 aromatic carbocycles. The molecule has 1 aliphatic heterocycles. The first-order chi connectivity index (χ1) is 16.8. The van der Waals surface area contributed by atoms with Gasteiger partial charge in [-0.3, -0.25) is 0 Å². The molecule has 5 nitrogen and oxygen atoms in total. The van der Waals surface area contributed by atoms with Gasteiger partial charge in [0.25, 0.3) is 0 Å². The van der Waals surface area contributed by atoms with Crippen molar-refractivity contribution in [2.75, 3.05) is 13.7 Å². The van der Waals surface area contributed by atoms with Gasteiger partial charge >= 0.3 is 0 Å². The molecule has 0 saturated heterocycles. The fraction of sp³-hybridized carbons (Fsp3) is 0.172. The maximum atomic E-state index is 6.12. The standard InChI is InChI=1S/C29H27N3O2/c1-33-28-16-26-24(15-29(28)34-19-22-5-3-2-4-6-22)13-14-32-27(26)12-9-21-7-10-23(11-8-21)25-17-30-20-31-18-25/h2-12,15-18,20,27,32H,13-14,19H2,1H3/b12-9+. The van der Waals surface area contributed by atoms with Gasteiger partial charge in [-0.2, -0.15) is 0 Å². The molecule has 0 radical (unpaired) electrons. The molecule has 5 rings (SSSR count). The molecular weight excluding hydrogens is 422 g/mol. The van der Waals surface area contributed by atoms with Gasteiger partial charge < -0.3 is 14.8 Å². The molecule has 0 saturated carbocycles. The van der Waals surface area contributed by atoms with Crippen molar-refractivity contribution in [2.45, 2.75) is 19.1 Å². The number of hydrogen-bond acceptors (Lipinski definition) is 5. The van der Waals surface area contributed by atoms with Crippen LogP contribution in [-0.2, 0) is 13.0 Å². The Morgan fingerprint density at radius 1 is 0.941 bits per heavy atom. The summed E-state index contributed by atoms with van der Waals surface area (Å²) in [7, 11) is 1.69. The van der Waals surface area contributed by atoms with E-state index in [4.69, 9.17) is 9.47 Å². The number of aromatic nitrogens is 2. The van der Waals surface area contributed by atoms with E-state index >= 15 is 0 Å². The fourth-order valence-corrected chi connectivity index (χ4v) is 4.22. The lowest BCUT2D eigenvalue weighted by molar-refractivity contribution is 0.283. The SMILES string of the molecule is COc1cc2c(cc1OCc1ccccc1)CCNC2/C=C/c1ccc(-c2cncnc2)cc1. The van der Waals surface area contributed by atoms with E-state index in [-0.39, 0.29) is 6.04 Å². The first-order valence-electron chi connectivity index (χ1n) is 11.4. The number of methoxy groups -OCH3 is 1. The Bertz CT molecular complexity index is 1260. The Labute approximate surface area is 200 Å². The van der Waals surface area contributed by atoms with Crippen LogP contribution < -0.4 is 14.8 Å². The molecule has 1 atom stereocenters. The van der Waals surface area contributed by atoms with Gasteiger partial charge in [0.1, 0.15) is 12.9 Å². The van der Waals surface area contributed by atoms with Crippen LogP contribution >= 0.6 is 0 Å². The minimum absolute atomic E-state index is 0.114. The third kappa shape index (κ3) is 5.00. The van der Waals surface area contributed by atoms with Gasteiger partial charge in [-0.25, -0.2) is 9.97 Å². The molecule has 1 aromatic heterocycles. The van der Waals surface area contributed by atoms with Crippen LogP contribution in [0.25, 0.3) is 17.2 Å². The highest BCUT2D eigenvalue weighted by atomic mass is 16.5. The summed E-state index contributed by atoms with van der Waals surface area (Å²) in [6, 6.07) is 23.0. The molecule has 170 valence electrons. The zero-order valence-corrected chi connectivity index (χ0v) is 19.1. The van der Waals surface area contributed by atoms with E-state index in [2.05, 4.69) is 76.0 Å². The predicted octanol–water partition coefficient (Wildman–Crippen LogP) is 5.63. The summed E-state index contributed by atoms with van der Waals surface area (Å²) in [5.74, 6) is 1.54. The minimum atomic E-state index is 0.114. The second-order valence-corrected chi connectivity index (χ2v) is 8.27. The molecule has 34 heavy (non-hydrogen) atoms. The van der Waals surface area contributed by atoms with Crippen LogP contribution in [0.5, 0.6) is 11.5 Å². The predicted molar refractivity (Wildman–Crippen MR) is 135 cm³/mol. The van der Waals surface area contributed by atoms with Crippen molar-refractivity contribution in [3.8, 4) is 22.6 Å². The molecule has 1 N–H and O–H groups in total. The smallest absolute Gasteiger partial charge is 0.161 e. The number of fused-ring (bicyclic) bond motifs is 1. The summed E-state index contributed by atoms with van der Waals surface area (Å²) in [6.07, 6.45) is 10.5. The summed E-state index contributed by atoms with van der Waals surface area (Å²) in [5, 5.41) is 3.61. The Morgan fingerprint density at radius 3 is 2.50 bits per heavy atom. The molecule has 0 amide bonds. The van der Waals surface area contributed by atoms with Crippen molar-refractivity contribution in [3.05, 3.63) is 114 Å². The highest BCUT2D eigenvalue weighted by molar-refractivity contribution is 5.64. The van der Waals surface area contributed by atoms with Gasteiger partial charge in [-0.1, -0.05) is 66.7 Å². The monoisotopic (exact) mass is 449 g/mol. The number of benzene rings is 3. The average molecular weight is 450 g/mol. The molecule has 0 aliphatic carbocycles. The zero-order valence-electron chi connectivity index (χ0n) is 19.1. The summed E-state index contributed by atoms with van der Waals surface area (Å²) < 4.78 is 11.8. The number of hydrogen-bond donors (Lipinski definition) is 1. The summed E-state index contributed by atoms with van der Waals surface area (Å²) in [5.41, 5.74) is 6.91. The van der Waals surface area contributed by atoms with Crippen LogP contribution in [0.4, 0.5) is 0 Å². The topological polar surface area (TPSA) is 56.3 Å². The van der Waals surface area contributed by atoms with Crippen molar-refractivity contribution in [2.24, 2.45) is 0 Å². The van der Waals surface area contributed by atoms with E-state index < -0.39 is 0 Å². The Hall–Kier alpha value is -3.96. The van der Waals surface area contributed by atoms with E-state index in [1.807, 2.05) is 30.6 Å². The number of ether oxygens (including phenoxy) is 2. The van der Waals surface area contributed by atoms with Gasteiger partial charge in [0.05, 0.1) is 13.2 Å². The second kappa shape index (κ2) is 10.3. The quantitative estimate of drug-likeness (QED) is 0.396. The molecule has 0 fully saturated rings. The summed E-state index contributed by atoms with van der Waals surface area (Å²) >= 11 is 0. The molecule has 5 heteroatoms. The van der Waals surface area contributed by atoms with Crippen LogP contribution in [0.15, 0.2) is 91.5 Å². The first-order valence-corrected chi connectivity index (χ1v) is 11.4. The highest BCUT2D eigenvalue weighted by Crippen LogP contribution is 2.36. The first kappa shape index (κ1) is 21.9. The van der Waals surface area contributed by atoms with Gasteiger partial charge in [0.2, 0.25) is 0 Å². The lowest BCUT2D eigenvalue weighted by atomic mass is 9.93. The third-order valence-corrected chi connectivity index (χ3v) is 6.04. The molecule has 4 aromatic rings. The van der Waals surface area contributed by atoms with Crippen molar-refractivity contribution in [3.63, 3.8) is 0 Å². The highest BCUT2D eigenvalue weighted by Gasteiger charge is 2.21. The maximum Gasteiger partial charge on any atom is 0.161 e. The van der Waals surface area contributed by atoms with Gasteiger partial charge in [0, 0.05) is 24.5 Å². The molecule has 0 spiro atoms. The van der Waals surface area contributed by atoms with E-state index in [0.717, 1.165) is 46.7 Å². The molecule has 2 heterocycles. The molecular formula is C29H27N3O2. The third-order valence-electron chi connectivity index (χ3n) is 6.04. The lowest BCUT2D eigenvalue weighted by Crippen LogP contribution is -2.28. The van der Waals surface area contributed by atoms with Crippen molar-refractivity contribution in [1.82, 2.24) is 15.3 Å². The number of nitrogens with one attached hydrogen (secondary N) is 1. The van der Waals surface area contributed by atoms with E-state index in [0.29, 0.717) is 6.61 Å². The van der Waals surface area contributed by atoms with Crippen molar-refractivity contribution in [1.29, 1.82) is 0 Å². The van der Waals surface area contributed by atoms with E-state index in [1.165, 1.54) is 11.1 Å². The van der Waals surface area contributed by atoms with Crippen molar-refractivity contribution >= 4 is 6.08 Å². The van der Waals surface area contributed by atoms with Crippen molar-refractivity contribution < 1.29 is 9.47 Å². The van der Waals surface area contributed by atoms with Crippen LogP contribution in [0, 0.1) is 0 Å². The van der Waals surface area contributed by atoms with Gasteiger partial charge in [-0.05, 0) is 46.4 Å². The summed E-state index contributed by atoms with van der Waals surface area (Å²) in [4.78, 5) is 8.19. The average Bonchev–Trinajstić information content (AvgIpc) is 2.91. The molecule has 0 bridgehead atoms. The minimum Gasteiger partial charge on any atom is -0.493 e. The molecule has 1 aliphatic rings. The number of rotatable bonds is 7. The number of nitrogens with zero attached hydrogens (tertiary/aromatic N) is 2. The van der Waals surface area contributed by atoms with Gasteiger partial charge in [0.15, 0.2) is 11.5 Å². The second-order valence-electron chi connectivity index (χ2n) is 8.27. The van der Waals surface area contributed by atoms with Crippen LogP contribution in [0.1, 0.15) is 28.3 Å². The van der Waals surface area contributed by atoms with Gasteiger partial charge in [-0.15, -0.1) is 0 Å². The Kier molecular flexibility index (Phi) is 6.64. The largest absolute Gasteiger partial charge is 0.493 e.